The van der Waals surface area contributed by atoms with Crippen molar-refractivity contribution in [2.75, 3.05) is 0 Å². The second-order valence-electron chi connectivity index (χ2n) is 6.20. The molecule has 1 aromatic heterocycles. The van der Waals surface area contributed by atoms with Crippen LogP contribution in [0, 0.1) is 6.92 Å². The molecule has 1 unspecified atom stereocenters. The van der Waals surface area contributed by atoms with Gasteiger partial charge in [-0.1, -0.05) is 61.0 Å². The normalized spacial score (nSPS) is 12.5. The van der Waals surface area contributed by atoms with Gasteiger partial charge in [0.05, 0.1) is 5.52 Å². The summed E-state index contributed by atoms with van der Waals surface area (Å²) in [5, 5.41) is 1.24. The molecular formula is C21H23N. The molecule has 3 aromatic rings. The summed E-state index contributed by atoms with van der Waals surface area (Å²) in [5.41, 5.74) is 5.33. The van der Waals surface area contributed by atoms with E-state index in [1.54, 1.807) is 0 Å². The van der Waals surface area contributed by atoms with Crippen molar-refractivity contribution in [3.8, 4) is 0 Å². The fourth-order valence-electron chi connectivity index (χ4n) is 3.11. The van der Waals surface area contributed by atoms with Crippen molar-refractivity contribution in [1.29, 1.82) is 0 Å². The smallest absolute Gasteiger partial charge is 0.0733 e. The van der Waals surface area contributed by atoms with Gasteiger partial charge in [0.15, 0.2) is 0 Å². The maximum atomic E-state index is 4.55. The molecule has 1 nitrogen and oxygen atoms in total. The fourth-order valence-corrected chi connectivity index (χ4v) is 3.11. The van der Waals surface area contributed by atoms with Crippen LogP contribution in [0.3, 0.4) is 0 Å². The Morgan fingerprint density at radius 2 is 1.82 bits per heavy atom. The largest absolute Gasteiger partial charge is 0.256 e. The summed E-state index contributed by atoms with van der Waals surface area (Å²) in [7, 11) is 0. The van der Waals surface area contributed by atoms with E-state index in [1.807, 2.05) is 12.3 Å². The lowest BCUT2D eigenvalue weighted by Crippen LogP contribution is -1.96. The summed E-state index contributed by atoms with van der Waals surface area (Å²) in [6, 6.07) is 19.5. The molecule has 0 N–H and O–H groups in total. The Balaban J connectivity index is 1.65. The highest BCUT2D eigenvalue weighted by molar-refractivity contribution is 5.81. The zero-order valence-corrected chi connectivity index (χ0v) is 13.4. The van der Waals surface area contributed by atoms with Crippen LogP contribution in [0.15, 0.2) is 60.8 Å². The molecule has 0 aliphatic heterocycles. The third-order valence-electron chi connectivity index (χ3n) is 4.41. The van der Waals surface area contributed by atoms with Gasteiger partial charge in [-0.3, -0.25) is 4.98 Å². The number of aromatic nitrogens is 1. The molecule has 1 heterocycles. The molecule has 2 aromatic carbocycles. The SMILES string of the molecule is Cc1cccc(C(C)CCCc2cccc3cccnc23)c1. The van der Waals surface area contributed by atoms with Gasteiger partial charge in [0.1, 0.15) is 0 Å². The lowest BCUT2D eigenvalue weighted by Gasteiger charge is -2.13. The van der Waals surface area contributed by atoms with Gasteiger partial charge in [-0.15, -0.1) is 0 Å². The molecule has 3 rings (SSSR count). The molecule has 1 atom stereocenters. The molecule has 0 radical (unpaired) electrons. The van der Waals surface area contributed by atoms with Gasteiger partial charge in [0.25, 0.3) is 0 Å². The number of aryl methyl sites for hydroxylation is 2. The van der Waals surface area contributed by atoms with Gasteiger partial charge in [0.2, 0.25) is 0 Å². The molecular weight excluding hydrogens is 266 g/mol. The number of hydrogen-bond donors (Lipinski definition) is 0. The van der Waals surface area contributed by atoms with Crippen molar-refractivity contribution in [3.05, 3.63) is 77.5 Å². The van der Waals surface area contributed by atoms with Gasteiger partial charge in [0, 0.05) is 11.6 Å². The first-order valence-corrected chi connectivity index (χ1v) is 8.13. The van der Waals surface area contributed by atoms with E-state index in [2.05, 4.69) is 67.4 Å². The lowest BCUT2D eigenvalue weighted by atomic mass is 9.93. The molecule has 0 aliphatic carbocycles. The van der Waals surface area contributed by atoms with Gasteiger partial charge in [-0.05, 0) is 49.3 Å². The second-order valence-corrected chi connectivity index (χ2v) is 6.20. The zero-order valence-electron chi connectivity index (χ0n) is 13.4. The molecule has 0 aliphatic rings. The van der Waals surface area contributed by atoms with E-state index in [1.165, 1.54) is 34.9 Å². The standard InChI is InChI=1S/C21H23N/c1-16-7-3-12-20(15-16)17(2)8-4-9-18-10-5-11-19-13-6-14-22-21(18)19/h3,5-7,10-15,17H,4,8-9H2,1-2H3. The first-order valence-electron chi connectivity index (χ1n) is 8.13. The van der Waals surface area contributed by atoms with Crippen LogP contribution in [0.1, 0.15) is 42.4 Å². The predicted molar refractivity (Wildman–Crippen MR) is 94.3 cm³/mol. The second kappa shape index (κ2) is 6.74. The third-order valence-corrected chi connectivity index (χ3v) is 4.41. The number of rotatable bonds is 5. The Morgan fingerprint density at radius 1 is 1.00 bits per heavy atom. The molecule has 0 saturated heterocycles. The van der Waals surface area contributed by atoms with Crippen molar-refractivity contribution in [2.24, 2.45) is 0 Å². The Bertz CT molecular complexity index is 755. The topological polar surface area (TPSA) is 12.9 Å². The summed E-state index contributed by atoms with van der Waals surface area (Å²) in [6.07, 6.45) is 5.41. The van der Waals surface area contributed by atoms with Crippen LogP contribution >= 0.6 is 0 Å². The summed E-state index contributed by atoms with van der Waals surface area (Å²) >= 11 is 0. The number of fused-ring (bicyclic) bond motifs is 1. The minimum absolute atomic E-state index is 0.614. The molecule has 112 valence electrons. The first kappa shape index (κ1) is 14.8. The van der Waals surface area contributed by atoms with Crippen molar-refractivity contribution in [2.45, 2.75) is 39.0 Å². The van der Waals surface area contributed by atoms with Crippen LogP contribution in [-0.4, -0.2) is 4.98 Å². The average molecular weight is 289 g/mol. The molecule has 0 saturated carbocycles. The highest BCUT2D eigenvalue weighted by Crippen LogP contribution is 2.24. The maximum Gasteiger partial charge on any atom is 0.0733 e. The van der Waals surface area contributed by atoms with E-state index in [0.29, 0.717) is 5.92 Å². The molecule has 0 fully saturated rings. The van der Waals surface area contributed by atoms with E-state index in [4.69, 9.17) is 0 Å². The van der Waals surface area contributed by atoms with Crippen molar-refractivity contribution < 1.29 is 0 Å². The van der Waals surface area contributed by atoms with Gasteiger partial charge >= 0.3 is 0 Å². The summed E-state index contributed by atoms with van der Waals surface area (Å²) in [5.74, 6) is 0.614. The van der Waals surface area contributed by atoms with Gasteiger partial charge in [-0.25, -0.2) is 0 Å². The monoisotopic (exact) mass is 289 g/mol. The highest BCUT2D eigenvalue weighted by Gasteiger charge is 2.07. The molecule has 1 heteroatoms. The maximum absolute atomic E-state index is 4.55. The highest BCUT2D eigenvalue weighted by atomic mass is 14.6. The van der Waals surface area contributed by atoms with E-state index in [9.17, 15) is 0 Å². The van der Waals surface area contributed by atoms with Crippen LogP contribution in [0.2, 0.25) is 0 Å². The Labute approximate surface area is 133 Å². The number of para-hydroxylation sites is 1. The summed E-state index contributed by atoms with van der Waals surface area (Å²) < 4.78 is 0. The minimum Gasteiger partial charge on any atom is -0.256 e. The van der Waals surface area contributed by atoms with Crippen LogP contribution in [0.4, 0.5) is 0 Å². The van der Waals surface area contributed by atoms with E-state index < -0.39 is 0 Å². The molecule has 0 spiro atoms. The van der Waals surface area contributed by atoms with Crippen LogP contribution in [-0.2, 0) is 6.42 Å². The molecule has 0 amide bonds. The predicted octanol–water partition coefficient (Wildman–Crippen LogP) is 5.67. The van der Waals surface area contributed by atoms with Crippen molar-refractivity contribution in [1.82, 2.24) is 4.98 Å². The van der Waals surface area contributed by atoms with Crippen LogP contribution in [0.25, 0.3) is 10.9 Å². The minimum atomic E-state index is 0.614. The van der Waals surface area contributed by atoms with Crippen molar-refractivity contribution >= 4 is 10.9 Å². The number of benzene rings is 2. The van der Waals surface area contributed by atoms with Gasteiger partial charge in [-0.2, -0.15) is 0 Å². The van der Waals surface area contributed by atoms with E-state index in [-0.39, 0.29) is 0 Å². The Morgan fingerprint density at radius 3 is 2.68 bits per heavy atom. The number of nitrogens with zero attached hydrogens (tertiary/aromatic N) is 1. The first-order chi connectivity index (χ1) is 10.7. The van der Waals surface area contributed by atoms with Gasteiger partial charge < -0.3 is 0 Å². The zero-order chi connectivity index (χ0) is 15.4. The molecule has 0 bridgehead atoms. The average Bonchev–Trinajstić information content (AvgIpc) is 2.55. The number of hydrogen-bond acceptors (Lipinski definition) is 1. The van der Waals surface area contributed by atoms with E-state index in [0.717, 1.165) is 11.9 Å². The fraction of sp³-hybridized carbons (Fsp3) is 0.286. The van der Waals surface area contributed by atoms with Crippen LogP contribution in [0.5, 0.6) is 0 Å². The lowest BCUT2D eigenvalue weighted by molar-refractivity contribution is 0.634. The molecule has 22 heavy (non-hydrogen) atoms. The van der Waals surface area contributed by atoms with Crippen LogP contribution < -0.4 is 0 Å². The summed E-state index contributed by atoms with van der Waals surface area (Å²) in [4.78, 5) is 4.55. The third kappa shape index (κ3) is 3.36. The van der Waals surface area contributed by atoms with Crippen molar-refractivity contribution in [3.63, 3.8) is 0 Å². The quantitative estimate of drug-likeness (QED) is 0.589. The summed E-state index contributed by atoms with van der Waals surface area (Å²) in [6.45, 7) is 4.49. The Hall–Kier alpha value is -2.15. The van der Waals surface area contributed by atoms with E-state index >= 15 is 0 Å². The Kier molecular flexibility index (Phi) is 4.53. The number of pyridine rings is 1.